The van der Waals surface area contributed by atoms with Crippen LogP contribution in [0.15, 0.2) is 54.6 Å². The molecule has 0 radical (unpaired) electrons. The number of ketones is 1. The van der Waals surface area contributed by atoms with Gasteiger partial charge in [0, 0.05) is 23.3 Å². The lowest BCUT2D eigenvalue weighted by Crippen LogP contribution is -1.96. The molecule has 2 aromatic rings. The normalized spacial score (nSPS) is 10.6. The van der Waals surface area contributed by atoms with E-state index < -0.39 is 10.2 Å². The van der Waals surface area contributed by atoms with Crippen molar-refractivity contribution in [1.82, 2.24) is 0 Å². The number of rotatable bonds is 5. The molecule has 0 atom stereocenters. The zero-order valence-electron chi connectivity index (χ0n) is 11.2. The van der Waals surface area contributed by atoms with Gasteiger partial charge in [0.2, 0.25) is 0 Å². The second-order valence-electron chi connectivity index (χ2n) is 4.36. The zero-order valence-corrected chi connectivity index (χ0v) is 12.0. The number of nitro groups is 1. The standard InChI is InChI=1S/C16H10ClNO4/c17-16(20)14-4-2-1-3-11(14)7-10-15(19)12-5-8-13(9-6-12)18(21)22/h1-10H. The van der Waals surface area contributed by atoms with Gasteiger partial charge in [0.25, 0.3) is 10.9 Å². The van der Waals surface area contributed by atoms with Crippen molar-refractivity contribution in [3.05, 3.63) is 81.4 Å². The first-order valence-electron chi connectivity index (χ1n) is 6.25. The summed E-state index contributed by atoms with van der Waals surface area (Å²) in [5.74, 6) is -0.327. The summed E-state index contributed by atoms with van der Waals surface area (Å²) in [5.41, 5.74) is 1.06. The highest BCUT2D eigenvalue weighted by atomic mass is 35.5. The number of hydrogen-bond acceptors (Lipinski definition) is 4. The maximum atomic E-state index is 12.0. The average Bonchev–Trinajstić information content (AvgIpc) is 2.52. The number of nitro benzene ring substituents is 1. The van der Waals surface area contributed by atoms with Crippen LogP contribution in [0.5, 0.6) is 0 Å². The van der Waals surface area contributed by atoms with Crippen molar-refractivity contribution in [3.63, 3.8) is 0 Å². The van der Waals surface area contributed by atoms with Gasteiger partial charge in [-0.3, -0.25) is 19.7 Å². The van der Waals surface area contributed by atoms with Crippen molar-refractivity contribution in [2.75, 3.05) is 0 Å². The second kappa shape index (κ2) is 6.78. The van der Waals surface area contributed by atoms with Gasteiger partial charge in [-0.15, -0.1) is 0 Å². The molecule has 0 spiro atoms. The van der Waals surface area contributed by atoms with Crippen molar-refractivity contribution in [1.29, 1.82) is 0 Å². The van der Waals surface area contributed by atoms with Crippen LogP contribution in [-0.2, 0) is 0 Å². The SMILES string of the molecule is O=C(C=Cc1ccccc1C(=O)Cl)c1ccc([N+](=O)[O-])cc1. The van der Waals surface area contributed by atoms with E-state index in [0.29, 0.717) is 16.7 Å². The molecular formula is C16H10ClNO4. The molecule has 0 unspecified atom stereocenters. The predicted octanol–water partition coefficient (Wildman–Crippen LogP) is 3.87. The average molecular weight is 316 g/mol. The van der Waals surface area contributed by atoms with Gasteiger partial charge in [0.1, 0.15) is 0 Å². The van der Waals surface area contributed by atoms with Crippen LogP contribution in [0.3, 0.4) is 0 Å². The molecule has 0 aliphatic rings. The molecule has 22 heavy (non-hydrogen) atoms. The van der Waals surface area contributed by atoms with Gasteiger partial charge in [-0.1, -0.05) is 24.3 Å². The Morgan fingerprint density at radius 2 is 1.68 bits per heavy atom. The van der Waals surface area contributed by atoms with Crippen LogP contribution < -0.4 is 0 Å². The van der Waals surface area contributed by atoms with Crippen molar-refractivity contribution in [2.45, 2.75) is 0 Å². The maximum Gasteiger partial charge on any atom is 0.269 e. The Morgan fingerprint density at radius 1 is 1.05 bits per heavy atom. The van der Waals surface area contributed by atoms with E-state index >= 15 is 0 Å². The summed E-state index contributed by atoms with van der Waals surface area (Å²) in [6.07, 6.45) is 2.78. The van der Waals surface area contributed by atoms with Crippen molar-refractivity contribution in [3.8, 4) is 0 Å². The minimum Gasteiger partial charge on any atom is -0.289 e. The van der Waals surface area contributed by atoms with Crippen molar-refractivity contribution >= 4 is 34.4 Å². The molecule has 0 saturated heterocycles. The van der Waals surface area contributed by atoms with Gasteiger partial charge in [-0.25, -0.2) is 0 Å². The molecule has 0 bridgehead atoms. The summed E-state index contributed by atoms with van der Waals surface area (Å²) < 4.78 is 0. The Balaban J connectivity index is 2.21. The lowest BCUT2D eigenvalue weighted by atomic mass is 10.1. The molecule has 0 aromatic heterocycles. The van der Waals surface area contributed by atoms with Gasteiger partial charge in [0.15, 0.2) is 5.78 Å². The third kappa shape index (κ3) is 3.65. The van der Waals surface area contributed by atoms with Crippen LogP contribution >= 0.6 is 11.6 Å². The van der Waals surface area contributed by atoms with Crippen molar-refractivity contribution < 1.29 is 14.5 Å². The highest BCUT2D eigenvalue weighted by Crippen LogP contribution is 2.15. The van der Waals surface area contributed by atoms with Crippen LogP contribution in [0.25, 0.3) is 6.08 Å². The lowest BCUT2D eigenvalue weighted by Gasteiger charge is -2.00. The van der Waals surface area contributed by atoms with Gasteiger partial charge in [-0.05, 0) is 41.4 Å². The van der Waals surface area contributed by atoms with E-state index in [2.05, 4.69) is 0 Å². The van der Waals surface area contributed by atoms with Gasteiger partial charge >= 0.3 is 0 Å². The largest absolute Gasteiger partial charge is 0.289 e. The van der Waals surface area contributed by atoms with Crippen LogP contribution in [-0.4, -0.2) is 15.9 Å². The Bertz CT molecular complexity index is 766. The lowest BCUT2D eigenvalue weighted by molar-refractivity contribution is -0.384. The quantitative estimate of drug-likeness (QED) is 0.276. The van der Waals surface area contributed by atoms with E-state index in [1.807, 2.05) is 0 Å². The van der Waals surface area contributed by atoms with E-state index in [0.717, 1.165) is 0 Å². The first-order valence-corrected chi connectivity index (χ1v) is 6.62. The van der Waals surface area contributed by atoms with Gasteiger partial charge in [0.05, 0.1) is 4.92 Å². The molecule has 0 aliphatic heterocycles. The van der Waals surface area contributed by atoms with E-state index in [1.54, 1.807) is 24.3 Å². The summed E-state index contributed by atoms with van der Waals surface area (Å²) in [5, 5.41) is 9.95. The van der Waals surface area contributed by atoms with Gasteiger partial charge < -0.3 is 0 Å². The number of carbonyl (C=O) groups excluding carboxylic acids is 2. The van der Waals surface area contributed by atoms with Gasteiger partial charge in [-0.2, -0.15) is 0 Å². The smallest absolute Gasteiger partial charge is 0.269 e. The molecule has 2 rings (SSSR count). The molecule has 0 heterocycles. The minimum atomic E-state index is -0.608. The number of halogens is 1. The molecule has 0 N–H and O–H groups in total. The molecular weight excluding hydrogens is 306 g/mol. The van der Waals surface area contributed by atoms with Crippen LogP contribution in [0.1, 0.15) is 26.3 Å². The third-order valence-corrected chi connectivity index (χ3v) is 3.15. The highest BCUT2D eigenvalue weighted by Gasteiger charge is 2.09. The topological polar surface area (TPSA) is 77.3 Å². The summed E-state index contributed by atoms with van der Waals surface area (Å²) in [7, 11) is 0. The van der Waals surface area contributed by atoms with Crippen LogP contribution in [0.4, 0.5) is 5.69 Å². The Hall–Kier alpha value is -2.79. The molecule has 0 saturated carbocycles. The second-order valence-corrected chi connectivity index (χ2v) is 4.71. The van der Waals surface area contributed by atoms with E-state index in [1.165, 1.54) is 36.4 Å². The summed E-state index contributed by atoms with van der Waals surface area (Å²) in [6.45, 7) is 0. The number of hydrogen-bond donors (Lipinski definition) is 0. The van der Waals surface area contributed by atoms with Crippen LogP contribution in [0, 0.1) is 10.1 Å². The van der Waals surface area contributed by atoms with E-state index in [4.69, 9.17) is 11.6 Å². The fraction of sp³-hybridized carbons (Fsp3) is 0. The molecule has 6 heteroatoms. The Kier molecular flexibility index (Phi) is 4.80. The molecule has 5 nitrogen and oxygen atoms in total. The Labute approximate surface area is 131 Å². The molecule has 110 valence electrons. The predicted molar refractivity (Wildman–Crippen MR) is 83.1 cm³/mol. The first kappa shape index (κ1) is 15.6. The number of nitrogens with zero attached hydrogens (tertiary/aromatic N) is 1. The number of non-ortho nitro benzene ring substituents is 1. The monoisotopic (exact) mass is 315 g/mol. The number of carbonyl (C=O) groups is 2. The maximum absolute atomic E-state index is 12.0. The number of benzene rings is 2. The molecule has 0 amide bonds. The number of allylic oxidation sites excluding steroid dienone is 1. The molecule has 0 fully saturated rings. The Morgan fingerprint density at radius 3 is 2.27 bits per heavy atom. The van der Waals surface area contributed by atoms with E-state index in [-0.39, 0.29) is 11.5 Å². The minimum absolute atomic E-state index is 0.0846. The molecule has 0 aliphatic carbocycles. The molecule has 2 aromatic carbocycles. The fourth-order valence-electron chi connectivity index (χ4n) is 1.83. The third-order valence-electron chi connectivity index (χ3n) is 2.95. The van der Waals surface area contributed by atoms with Crippen molar-refractivity contribution in [2.24, 2.45) is 0 Å². The fourth-order valence-corrected chi connectivity index (χ4v) is 2.00. The summed E-state index contributed by atoms with van der Waals surface area (Å²) >= 11 is 5.47. The zero-order chi connectivity index (χ0) is 16.1. The van der Waals surface area contributed by atoms with Crippen LogP contribution in [0.2, 0.25) is 0 Å². The first-order chi connectivity index (χ1) is 10.5. The highest BCUT2D eigenvalue weighted by molar-refractivity contribution is 6.68. The van der Waals surface area contributed by atoms with E-state index in [9.17, 15) is 19.7 Å². The summed E-state index contributed by atoms with van der Waals surface area (Å²) in [6, 6.07) is 11.9. The summed E-state index contributed by atoms with van der Waals surface area (Å²) in [4.78, 5) is 33.3.